The van der Waals surface area contributed by atoms with Gasteiger partial charge in [0.2, 0.25) is 5.91 Å². The smallest absolute Gasteiger partial charge is 0.230 e. The summed E-state index contributed by atoms with van der Waals surface area (Å²) < 4.78 is 0. The lowest BCUT2D eigenvalue weighted by Crippen LogP contribution is -2.28. The summed E-state index contributed by atoms with van der Waals surface area (Å²) in [5.41, 5.74) is 1.66. The third kappa shape index (κ3) is 4.02. The number of benzene rings is 1. The molecule has 0 atom stereocenters. The van der Waals surface area contributed by atoms with Gasteiger partial charge in [0.25, 0.3) is 0 Å². The van der Waals surface area contributed by atoms with Crippen molar-refractivity contribution in [2.45, 2.75) is 27.7 Å². The second-order valence-electron chi connectivity index (χ2n) is 5.95. The number of aryl methyl sites for hydroxylation is 1. The van der Waals surface area contributed by atoms with Gasteiger partial charge in [-0.3, -0.25) is 4.79 Å². The predicted molar refractivity (Wildman–Crippen MR) is 84.6 cm³/mol. The van der Waals surface area contributed by atoms with Crippen molar-refractivity contribution in [1.82, 2.24) is 10.2 Å². The maximum Gasteiger partial charge on any atom is 0.230 e. The third-order valence-corrected chi connectivity index (χ3v) is 3.00. The van der Waals surface area contributed by atoms with Crippen molar-refractivity contribution in [2.24, 2.45) is 5.41 Å². The van der Waals surface area contributed by atoms with Gasteiger partial charge in [0.05, 0.1) is 0 Å². The highest BCUT2D eigenvalue weighted by Crippen LogP contribution is 2.19. The Balaban J connectivity index is 2.06. The van der Waals surface area contributed by atoms with Crippen LogP contribution in [0, 0.1) is 12.3 Å². The number of hydrogen-bond acceptors (Lipinski definition) is 4. The molecule has 0 spiro atoms. The Morgan fingerprint density at radius 1 is 1.00 bits per heavy atom. The van der Waals surface area contributed by atoms with E-state index in [1.165, 1.54) is 0 Å². The van der Waals surface area contributed by atoms with Gasteiger partial charge in [-0.1, -0.05) is 39.0 Å². The molecule has 2 rings (SSSR count). The molecule has 2 N–H and O–H groups in total. The highest BCUT2D eigenvalue weighted by Gasteiger charge is 2.21. The fraction of sp³-hybridized carbons (Fsp3) is 0.312. The summed E-state index contributed by atoms with van der Waals surface area (Å²) in [6.07, 6.45) is 0. The number of anilines is 3. The highest BCUT2D eigenvalue weighted by molar-refractivity contribution is 5.93. The monoisotopic (exact) mass is 284 g/mol. The maximum atomic E-state index is 11.9. The van der Waals surface area contributed by atoms with Crippen LogP contribution in [0.5, 0.6) is 0 Å². The van der Waals surface area contributed by atoms with E-state index < -0.39 is 5.41 Å². The summed E-state index contributed by atoms with van der Waals surface area (Å²) in [7, 11) is 0. The van der Waals surface area contributed by atoms with Gasteiger partial charge in [-0.15, -0.1) is 10.2 Å². The van der Waals surface area contributed by atoms with E-state index in [1.807, 2.05) is 52.0 Å². The second kappa shape index (κ2) is 5.91. The molecule has 5 heteroatoms. The average molecular weight is 284 g/mol. The van der Waals surface area contributed by atoms with Crippen molar-refractivity contribution in [1.29, 1.82) is 0 Å². The Bertz CT molecular complexity index is 629. The van der Waals surface area contributed by atoms with Crippen LogP contribution in [0.1, 0.15) is 26.3 Å². The number of rotatable bonds is 3. The zero-order chi connectivity index (χ0) is 15.5. The molecule has 0 saturated heterocycles. The predicted octanol–water partition coefficient (Wildman–Crippen LogP) is 3.51. The fourth-order valence-corrected chi connectivity index (χ4v) is 1.62. The molecule has 2 aromatic rings. The van der Waals surface area contributed by atoms with E-state index in [-0.39, 0.29) is 5.91 Å². The molecular weight excluding hydrogens is 264 g/mol. The summed E-state index contributed by atoms with van der Waals surface area (Å²) in [6.45, 7) is 7.57. The number of para-hydroxylation sites is 1. The number of carbonyl (C=O) groups excluding carboxylic acids is 1. The molecule has 0 saturated carbocycles. The zero-order valence-corrected chi connectivity index (χ0v) is 12.8. The number of amides is 1. The summed E-state index contributed by atoms with van der Waals surface area (Å²) in [5, 5.41) is 14.0. The topological polar surface area (TPSA) is 66.9 Å². The van der Waals surface area contributed by atoms with E-state index in [0.717, 1.165) is 11.3 Å². The van der Waals surface area contributed by atoms with Gasteiger partial charge in [0, 0.05) is 11.1 Å². The van der Waals surface area contributed by atoms with Crippen molar-refractivity contribution in [3.8, 4) is 0 Å². The molecule has 0 bridgehead atoms. The lowest BCUT2D eigenvalue weighted by Gasteiger charge is -2.16. The number of nitrogens with one attached hydrogen (secondary N) is 2. The Labute approximate surface area is 124 Å². The quantitative estimate of drug-likeness (QED) is 0.905. The Morgan fingerprint density at radius 3 is 2.19 bits per heavy atom. The van der Waals surface area contributed by atoms with E-state index in [9.17, 15) is 4.79 Å². The summed E-state index contributed by atoms with van der Waals surface area (Å²) in [6, 6.07) is 11.5. The van der Waals surface area contributed by atoms with Crippen LogP contribution in [0.3, 0.4) is 0 Å². The Hall–Kier alpha value is -2.43. The minimum atomic E-state index is -0.459. The van der Waals surface area contributed by atoms with Gasteiger partial charge in [0.1, 0.15) is 0 Å². The van der Waals surface area contributed by atoms with Gasteiger partial charge in [-0.2, -0.15) is 0 Å². The fourth-order valence-electron chi connectivity index (χ4n) is 1.62. The molecule has 1 aromatic heterocycles. The van der Waals surface area contributed by atoms with Crippen LogP contribution in [0.15, 0.2) is 36.4 Å². The zero-order valence-electron chi connectivity index (χ0n) is 12.8. The van der Waals surface area contributed by atoms with Gasteiger partial charge < -0.3 is 10.6 Å². The highest BCUT2D eigenvalue weighted by atomic mass is 16.2. The van der Waals surface area contributed by atoms with Crippen LogP contribution in [-0.4, -0.2) is 16.1 Å². The Kier molecular flexibility index (Phi) is 4.21. The van der Waals surface area contributed by atoms with Crippen molar-refractivity contribution in [2.75, 3.05) is 10.6 Å². The first-order valence-electron chi connectivity index (χ1n) is 6.84. The Morgan fingerprint density at radius 2 is 1.62 bits per heavy atom. The van der Waals surface area contributed by atoms with E-state index in [1.54, 1.807) is 12.1 Å². The molecule has 21 heavy (non-hydrogen) atoms. The molecule has 1 aromatic carbocycles. The van der Waals surface area contributed by atoms with Crippen molar-refractivity contribution in [3.63, 3.8) is 0 Å². The molecule has 110 valence electrons. The van der Waals surface area contributed by atoms with Crippen molar-refractivity contribution < 1.29 is 4.79 Å². The second-order valence-corrected chi connectivity index (χ2v) is 5.95. The summed E-state index contributed by atoms with van der Waals surface area (Å²) in [5.74, 6) is 1.000. The van der Waals surface area contributed by atoms with Crippen LogP contribution in [0.25, 0.3) is 0 Å². The molecule has 0 fully saturated rings. The van der Waals surface area contributed by atoms with Crippen LogP contribution in [-0.2, 0) is 4.79 Å². The van der Waals surface area contributed by atoms with E-state index in [2.05, 4.69) is 20.8 Å². The van der Waals surface area contributed by atoms with Crippen molar-refractivity contribution >= 4 is 23.2 Å². The first-order chi connectivity index (χ1) is 9.86. The molecule has 5 nitrogen and oxygen atoms in total. The summed E-state index contributed by atoms with van der Waals surface area (Å²) >= 11 is 0. The minimum absolute atomic E-state index is 0.0867. The molecule has 0 aliphatic rings. The van der Waals surface area contributed by atoms with Gasteiger partial charge >= 0.3 is 0 Å². The van der Waals surface area contributed by atoms with Crippen LogP contribution >= 0.6 is 0 Å². The largest absolute Gasteiger partial charge is 0.339 e. The maximum absolute atomic E-state index is 11.9. The molecule has 0 aliphatic heterocycles. The number of nitrogens with zero attached hydrogens (tertiary/aromatic N) is 2. The van der Waals surface area contributed by atoms with Gasteiger partial charge in [-0.05, 0) is 30.7 Å². The lowest BCUT2D eigenvalue weighted by molar-refractivity contribution is -0.123. The number of aromatic nitrogens is 2. The number of hydrogen-bond donors (Lipinski definition) is 2. The van der Waals surface area contributed by atoms with Crippen LogP contribution in [0.4, 0.5) is 17.3 Å². The molecule has 0 unspecified atom stereocenters. The van der Waals surface area contributed by atoms with E-state index in [0.29, 0.717) is 11.6 Å². The van der Waals surface area contributed by atoms with Crippen LogP contribution < -0.4 is 10.6 Å². The molecular formula is C16H20N4O. The molecule has 1 amide bonds. The van der Waals surface area contributed by atoms with Gasteiger partial charge in [0.15, 0.2) is 11.6 Å². The van der Waals surface area contributed by atoms with Crippen LogP contribution in [0.2, 0.25) is 0 Å². The first-order valence-corrected chi connectivity index (χ1v) is 6.84. The SMILES string of the molecule is Cc1ccccc1Nc1ccc(NC(=O)C(C)(C)C)nn1. The first kappa shape index (κ1) is 15.0. The average Bonchev–Trinajstić information content (AvgIpc) is 2.42. The standard InChI is InChI=1S/C16H20N4O/c1-11-7-5-6-8-12(11)17-13-9-10-14(20-19-13)18-15(21)16(2,3)4/h5-10H,1-4H3,(H,17,19)(H,18,20,21). The minimum Gasteiger partial charge on any atom is -0.339 e. The number of carbonyl (C=O) groups is 1. The molecule has 0 aliphatic carbocycles. The molecule has 0 radical (unpaired) electrons. The van der Waals surface area contributed by atoms with Gasteiger partial charge in [-0.25, -0.2) is 0 Å². The lowest BCUT2D eigenvalue weighted by atomic mass is 9.96. The summed E-state index contributed by atoms with van der Waals surface area (Å²) in [4.78, 5) is 11.9. The third-order valence-electron chi connectivity index (χ3n) is 3.00. The van der Waals surface area contributed by atoms with E-state index in [4.69, 9.17) is 0 Å². The molecule has 1 heterocycles. The van der Waals surface area contributed by atoms with Crippen molar-refractivity contribution in [3.05, 3.63) is 42.0 Å². The normalized spacial score (nSPS) is 11.0. The van der Waals surface area contributed by atoms with E-state index >= 15 is 0 Å².